The van der Waals surface area contributed by atoms with Crippen molar-refractivity contribution in [2.75, 3.05) is 0 Å². The lowest BCUT2D eigenvalue weighted by molar-refractivity contribution is 0.583. The Morgan fingerprint density at radius 2 is 2.10 bits per heavy atom. The van der Waals surface area contributed by atoms with E-state index in [0.29, 0.717) is 9.90 Å². The molecule has 1 aromatic carbocycles. The van der Waals surface area contributed by atoms with Gasteiger partial charge in [0.1, 0.15) is 9.20 Å². The van der Waals surface area contributed by atoms with Crippen LogP contribution in [-0.4, -0.2) is 13.4 Å². The molecular weight excluding hydrogens is 336 g/mol. The molecule has 2 aromatic rings. The van der Waals surface area contributed by atoms with Gasteiger partial charge in [-0.3, -0.25) is 0 Å². The molecule has 0 unspecified atom stereocenters. The highest BCUT2D eigenvalue weighted by molar-refractivity contribution is 7.91. The summed E-state index contributed by atoms with van der Waals surface area (Å²) in [6.45, 7) is 0.161. The van der Waals surface area contributed by atoms with E-state index in [0.717, 1.165) is 16.9 Å². The third kappa shape index (κ3) is 3.77. The fourth-order valence-corrected chi connectivity index (χ4v) is 4.20. The van der Waals surface area contributed by atoms with Gasteiger partial charge < -0.3 is 5.73 Å². The highest BCUT2D eigenvalue weighted by Crippen LogP contribution is 2.25. The van der Waals surface area contributed by atoms with Crippen LogP contribution in [0.1, 0.15) is 11.1 Å². The van der Waals surface area contributed by atoms with Crippen molar-refractivity contribution in [2.24, 2.45) is 5.73 Å². The number of rotatable bonds is 5. The number of hydrogen-bond donors (Lipinski definition) is 2. The summed E-state index contributed by atoms with van der Waals surface area (Å²) in [6.07, 6.45) is 0. The van der Waals surface area contributed by atoms with Crippen molar-refractivity contribution in [3.05, 3.63) is 51.9 Å². The smallest absolute Gasteiger partial charge is 0.250 e. The molecule has 0 atom stereocenters. The van der Waals surface area contributed by atoms with Gasteiger partial charge >= 0.3 is 0 Å². The molecule has 106 valence electrons. The van der Waals surface area contributed by atoms with Crippen molar-refractivity contribution in [3.63, 3.8) is 0 Å². The van der Waals surface area contributed by atoms with Gasteiger partial charge in [0.05, 0.1) is 4.34 Å². The topological polar surface area (TPSA) is 72.2 Å². The van der Waals surface area contributed by atoms with Crippen LogP contribution in [0, 0.1) is 0 Å². The Balaban J connectivity index is 2.12. The van der Waals surface area contributed by atoms with Crippen LogP contribution in [0.3, 0.4) is 0 Å². The Morgan fingerprint density at radius 3 is 2.70 bits per heavy atom. The minimum atomic E-state index is -3.55. The Labute approximate surface area is 131 Å². The molecule has 0 radical (unpaired) electrons. The lowest BCUT2D eigenvalue weighted by Crippen LogP contribution is -2.22. The lowest BCUT2D eigenvalue weighted by Gasteiger charge is -2.06. The fraction of sp³-hybridized carbons (Fsp3) is 0.0833. The number of nitrogens with one attached hydrogen (secondary N) is 1. The normalized spacial score (nSPS) is 11.4. The second-order valence-corrected chi connectivity index (χ2v) is 8.10. The third-order valence-corrected chi connectivity index (χ3v) is 5.85. The summed E-state index contributed by atoms with van der Waals surface area (Å²) in [6, 6.07) is 10.1. The van der Waals surface area contributed by atoms with Gasteiger partial charge in [-0.25, -0.2) is 13.1 Å². The van der Waals surface area contributed by atoms with Crippen molar-refractivity contribution < 1.29 is 8.42 Å². The molecule has 0 fully saturated rings. The van der Waals surface area contributed by atoms with Crippen LogP contribution in [0.2, 0.25) is 4.34 Å². The Kier molecular flexibility index (Phi) is 4.77. The summed E-state index contributed by atoms with van der Waals surface area (Å²) in [5.41, 5.74) is 7.02. The van der Waals surface area contributed by atoms with E-state index in [4.69, 9.17) is 29.6 Å². The van der Waals surface area contributed by atoms with E-state index in [9.17, 15) is 8.42 Å². The molecule has 0 saturated carbocycles. The second kappa shape index (κ2) is 6.19. The lowest BCUT2D eigenvalue weighted by atomic mass is 10.1. The number of halogens is 1. The minimum Gasteiger partial charge on any atom is -0.389 e. The quantitative estimate of drug-likeness (QED) is 0.816. The highest BCUT2D eigenvalue weighted by atomic mass is 35.5. The van der Waals surface area contributed by atoms with E-state index < -0.39 is 10.0 Å². The van der Waals surface area contributed by atoms with Gasteiger partial charge in [-0.1, -0.05) is 42.0 Å². The standard InChI is InChI=1S/C12H11ClN2O2S3/c13-10-4-5-11(19-10)20(16,17)15-7-8-2-1-3-9(6-8)12(14)18/h1-6,15H,7H2,(H2,14,18). The number of thiocarbonyl (C=S) groups is 1. The molecule has 20 heavy (non-hydrogen) atoms. The second-order valence-electron chi connectivity index (χ2n) is 3.95. The maximum atomic E-state index is 12.0. The van der Waals surface area contributed by atoms with E-state index in [1.807, 2.05) is 0 Å². The summed E-state index contributed by atoms with van der Waals surface area (Å²) in [7, 11) is -3.55. The highest BCUT2D eigenvalue weighted by Gasteiger charge is 2.16. The first-order valence-electron chi connectivity index (χ1n) is 5.52. The van der Waals surface area contributed by atoms with Gasteiger partial charge in [-0.05, 0) is 23.8 Å². The van der Waals surface area contributed by atoms with Crippen LogP contribution in [0.25, 0.3) is 0 Å². The van der Waals surface area contributed by atoms with E-state index in [1.165, 1.54) is 6.07 Å². The van der Waals surface area contributed by atoms with Crippen LogP contribution in [0.4, 0.5) is 0 Å². The van der Waals surface area contributed by atoms with Crippen molar-refractivity contribution >= 4 is 50.2 Å². The van der Waals surface area contributed by atoms with Crippen molar-refractivity contribution in [2.45, 2.75) is 10.8 Å². The molecule has 4 nitrogen and oxygen atoms in total. The van der Waals surface area contributed by atoms with Gasteiger partial charge in [0.2, 0.25) is 10.0 Å². The predicted molar refractivity (Wildman–Crippen MR) is 85.7 cm³/mol. The van der Waals surface area contributed by atoms with Crippen LogP contribution >= 0.6 is 35.2 Å². The predicted octanol–water partition coefficient (Wildman–Crippen LogP) is 2.51. The molecule has 0 aliphatic carbocycles. The molecule has 0 bridgehead atoms. The molecule has 0 aliphatic heterocycles. The number of hydrogen-bond acceptors (Lipinski definition) is 4. The average Bonchev–Trinajstić information content (AvgIpc) is 2.84. The molecule has 1 aromatic heterocycles. The average molecular weight is 347 g/mol. The fourth-order valence-electron chi connectivity index (χ4n) is 1.53. The Morgan fingerprint density at radius 1 is 1.35 bits per heavy atom. The molecule has 0 saturated heterocycles. The van der Waals surface area contributed by atoms with E-state index >= 15 is 0 Å². The number of nitrogens with two attached hydrogens (primary N) is 1. The first-order chi connectivity index (χ1) is 9.38. The molecule has 0 amide bonds. The molecule has 2 rings (SSSR count). The van der Waals surface area contributed by atoms with E-state index in [-0.39, 0.29) is 15.7 Å². The Hall–Kier alpha value is -0.990. The molecular formula is C12H11ClN2O2S3. The molecule has 3 N–H and O–H groups in total. The van der Waals surface area contributed by atoms with Crippen LogP contribution in [0.15, 0.2) is 40.6 Å². The van der Waals surface area contributed by atoms with Crippen molar-refractivity contribution in [3.8, 4) is 0 Å². The van der Waals surface area contributed by atoms with Gasteiger partial charge in [-0.15, -0.1) is 11.3 Å². The SMILES string of the molecule is NC(=S)c1cccc(CNS(=O)(=O)c2ccc(Cl)s2)c1. The summed E-state index contributed by atoms with van der Waals surface area (Å²) < 4.78 is 27.2. The number of benzene rings is 1. The zero-order chi connectivity index (χ0) is 14.8. The largest absolute Gasteiger partial charge is 0.389 e. The maximum Gasteiger partial charge on any atom is 0.250 e. The Bertz CT molecular complexity index is 741. The summed E-state index contributed by atoms with van der Waals surface area (Å²) in [4.78, 5) is 0.278. The molecule has 0 aliphatic rings. The summed E-state index contributed by atoms with van der Waals surface area (Å²) in [5.74, 6) is 0. The van der Waals surface area contributed by atoms with Gasteiger partial charge in [0, 0.05) is 12.1 Å². The summed E-state index contributed by atoms with van der Waals surface area (Å²) >= 11 is 11.6. The van der Waals surface area contributed by atoms with Crippen molar-refractivity contribution in [1.82, 2.24) is 4.72 Å². The van der Waals surface area contributed by atoms with Crippen molar-refractivity contribution in [1.29, 1.82) is 0 Å². The van der Waals surface area contributed by atoms with Gasteiger partial charge in [-0.2, -0.15) is 0 Å². The number of thiophene rings is 1. The minimum absolute atomic E-state index is 0.161. The van der Waals surface area contributed by atoms with Crippen LogP contribution in [0.5, 0.6) is 0 Å². The van der Waals surface area contributed by atoms with Crippen LogP contribution < -0.4 is 10.5 Å². The zero-order valence-electron chi connectivity index (χ0n) is 10.2. The maximum absolute atomic E-state index is 12.0. The van der Waals surface area contributed by atoms with Gasteiger partial charge in [0.15, 0.2) is 0 Å². The molecule has 8 heteroatoms. The number of sulfonamides is 1. The molecule has 0 spiro atoms. The van der Waals surface area contributed by atoms with E-state index in [1.54, 1.807) is 30.3 Å². The first kappa shape index (κ1) is 15.4. The van der Waals surface area contributed by atoms with Crippen LogP contribution in [-0.2, 0) is 16.6 Å². The van der Waals surface area contributed by atoms with E-state index in [2.05, 4.69) is 4.72 Å². The monoisotopic (exact) mass is 346 g/mol. The first-order valence-corrected chi connectivity index (χ1v) is 8.61. The molecule has 1 heterocycles. The zero-order valence-corrected chi connectivity index (χ0v) is 13.4. The van der Waals surface area contributed by atoms with Gasteiger partial charge in [0.25, 0.3) is 0 Å². The third-order valence-electron chi connectivity index (χ3n) is 2.49. The summed E-state index contributed by atoms with van der Waals surface area (Å²) in [5, 5.41) is 0.